The summed E-state index contributed by atoms with van der Waals surface area (Å²) in [6, 6.07) is -2.39. The minimum atomic E-state index is -4.85. The lowest BCUT2D eigenvalue weighted by Crippen LogP contribution is -2.65. The molecule has 38 nitrogen and oxygen atoms in total. The molecule has 662 valence electrons. The van der Waals surface area contributed by atoms with E-state index in [1.807, 2.05) is 13.8 Å². The van der Waals surface area contributed by atoms with Crippen LogP contribution in [-0.4, -0.2) is 227 Å². The molecule has 0 aromatic heterocycles. The largest absolute Gasteiger partial charge is 0.507 e. The zero-order valence-corrected chi connectivity index (χ0v) is 69.5. The molecule has 7 aliphatic rings. The molecule has 11 bridgehead atoms. The van der Waals surface area contributed by atoms with Gasteiger partial charge in [-0.1, -0.05) is 107 Å². The molecule has 0 radical (unpaired) electrons. The Morgan fingerprint density at radius 3 is 1.91 bits per heavy atom. The first kappa shape index (κ1) is 94.1. The van der Waals surface area contributed by atoms with Crippen molar-refractivity contribution in [3.8, 4) is 57.1 Å². The Hall–Kier alpha value is -9.13. The number of aromatic hydroxyl groups is 3. The monoisotopic (exact) mass is 1750 g/mol. The summed E-state index contributed by atoms with van der Waals surface area (Å²) < 4.78 is 51.4. The number of phenolic OH excluding ortho intramolecular Hbond substituents is 3. The molecule has 2 fully saturated rings. The van der Waals surface area contributed by atoms with Crippen molar-refractivity contribution < 1.29 is 132 Å². The van der Waals surface area contributed by atoms with E-state index in [9.17, 15) is 79.8 Å². The number of halogens is 2. The van der Waals surface area contributed by atoms with Crippen molar-refractivity contribution >= 4 is 78.1 Å². The van der Waals surface area contributed by atoms with Crippen LogP contribution in [0.3, 0.4) is 0 Å². The van der Waals surface area contributed by atoms with Gasteiger partial charge in [-0.05, 0) is 123 Å². The second kappa shape index (κ2) is 41.4. The van der Waals surface area contributed by atoms with Gasteiger partial charge in [0.1, 0.15) is 89.5 Å². The smallest absolute Gasteiger partial charge is 0.339 e. The minimum Gasteiger partial charge on any atom is -0.507 e. The van der Waals surface area contributed by atoms with Gasteiger partial charge in [0.2, 0.25) is 53.4 Å². The van der Waals surface area contributed by atoms with Crippen molar-refractivity contribution in [2.45, 2.75) is 221 Å². The third kappa shape index (κ3) is 23.0. The predicted octanol–water partition coefficient (Wildman–Crippen LogP) is 2.69. The van der Waals surface area contributed by atoms with E-state index in [0.29, 0.717) is 13.1 Å². The highest BCUT2D eigenvalue weighted by Gasteiger charge is 2.52. The van der Waals surface area contributed by atoms with Crippen LogP contribution in [0.4, 0.5) is 0 Å². The highest BCUT2D eigenvalue weighted by atomic mass is 35.5. The summed E-state index contributed by atoms with van der Waals surface area (Å²) in [5, 5.41) is 144. The molecular weight excluding hydrogens is 1650 g/mol. The number of unbranched alkanes of at least 4 members (excludes halogenated alkanes) is 7. The zero-order chi connectivity index (χ0) is 88.2. The quantitative estimate of drug-likeness (QED) is 0.0232. The molecule has 18 atom stereocenters. The van der Waals surface area contributed by atoms with Gasteiger partial charge in [0.15, 0.2) is 29.9 Å². The summed E-state index contributed by atoms with van der Waals surface area (Å²) in [7, 11) is -3.38. The molecule has 0 unspecified atom stereocenters. The Morgan fingerprint density at radius 1 is 0.694 bits per heavy atom. The lowest BCUT2D eigenvalue weighted by molar-refractivity contribution is -0.334. The number of fused-ring (bicyclic) bond motifs is 15. The highest BCUT2D eigenvalue weighted by Crippen LogP contribution is 2.51. The second-order valence-electron chi connectivity index (χ2n) is 31.3. The summed E-state index contributed by atoms with van der Waals surface area (Å²) in [4.78, 5) is 138. The SMILES string of the molecule is CCCCCCCCCCNCCN[C@@]1(C)C[C@H](O[C@H]2[C@H](Oc3c4cc5cc3Oc3ccc(cc3Cl)[C@@H](O)[C@@H](NC(=O)[C@@H](CC(C)C)NC)C(=O)N[C@@H](CC(N)=O)C(=O)N[C@H]5C(=O)N[C@@H]3C(=O)N[C@H](C(=O)N[C@H](C(=O)O)c5cc(O)c(CNCP(=O)(O)O)c(O)c5-c5cc3ccc5O)[C@H](O)c3ccc(c(Cl)c3)O4)O[C@H](CO)[C@@H](O)[C@@H]2O)O[C@@H](C)[C@H]1O. The second-order valence-corrected chi connectivity index (χ2v) is 33.7. The number of carbonyl (C=O) groups excluding carboxylic acids is 7. The van der Waals surface area contributed by atoms with E-state index >= 15 is 24.0 Å². The molecule has 2 saturated heterocycles. The minimum absolute atomic E-state index is 0.123. The Labute approximate surface area is 705 Å². The average Bonchev–Trinajstić information content (AvgIpc) is 1.36. The number of rotatable bonds is 30. The van der Waals surface area contributed by atoms with Crippen LogP contribution in [0.2, 0.25) is 10.0 Å². The molecule has 121 heavy (non-hydrogen) atoms. The van der Waals surface area contributed by atoms with Crippen LogP contribution in [0.25, 0.3) is 11.1 Å². The molecule has 0 aliphatic carbocycles. The number of carboxylic acid groups (broad SMARTS) is 1. The maximum absolute atomic E-state index is 16.3. The van der Waals surface area contributed by atoms with Crippen LogP contribution in [-0.2, 0) is 63.7 Å². The third-order valence-electron chi connectivity index (χ3n) is 21.7. The summed E-state index contributed by atoms with van der Waals surface area (Å²) in [5.74, 6) is -17.1. The number of primary amides is 1. The Kier molecular flexibility index (Phi) is 32.2. The third-order valence-corrected chi connectivity index (χ3v) is 22.9. The van der Waals surface area contributed by atoms with Gasteiger partial charge < -0.3 is 148 Å². The van der Waals surface area contributed by atoms with Crippen molar-refractivity contribution in [3.05, 3.63) is 116 Å². The summed E-state index contributed by atoms with van der Waals surface area (Å²) in [6.45, 7) is 8.98. The number of aliphatic hydroxyl groups excluding tert-OH is 6. The maximum atomic E-state index is 16.3. The lowest BCUT2D eigenvalue weighted by atomic mass is 9.85. The fourth-order valence-corrected chi connectivity index (χ4v) is 16.0. The number of aliphatic carboxylic acids is 1. The van der Waals surface area contributed by atoms with Gasteiger partial charge in [0.25, 0.3) is 0 Å². The number of benzene rings is 5. The number of nitrogens with one attached hydrogen (secondary N) is 10. The van der Waals surface area contributed by atoms with Gasteiger partial charge in [0, 0.05) is 48.3 Å². The summed E-state index contributed by atoms with van der Waals surface area (Å²) in [6.07, 6.45) is -10.6. The van der Waals surface area contributed by atoms with Crippen LogP contribution in [0.15, 0.2) is 72.8 Å². The molecule has 7 heterocycles. The fraction of sp³-hybridized carbons (Fsp3) is 0.525. The van der Waals surface area contributed by atoms with Gasteiger partial charge in [-0.2, -0.15) is 0 Å². The van der Waals surface area contributed by atoms with Gasteiger partial charge in [-0.15, -0.1) is 0 Å². The first-order valence-corrected chi connectivity index (χ1v) is 42.3. The van der Waals surface area contributed by atoms with Crippen LogP contribution >= 0.6 is 30.8 Å². The van der Waals surface area contributed by atoms with Crippen LogP contribution < -0.4 is 73.1 Å². The molecule has 12 rings (SSSR count). The number of carboxylic acids is 1. The number of hydrogen-bond donors (Lipinski definition) is 23. The molecule has 0 saturated carbocycles. The van der Waals surface area contributed by atoms with E-state index in [1.165, 1.54) is 51.3 Å². The Morgan fingerprint density at radius 2 is 1.31 bits per heavy atom. The van der Waals surface area contributed by atoms with Crippen molar-refractivity contribution in [2.24, 2.45) is 11.7 Å². The van der Waals surface area contributed by atoms with E-state index in [-0.39, 0.29) is 40.7 Å². The number of likely N-dealkylation sites (N-methyl/N-ethyl adjacent to an activating group) is 1. The molecule has 5 aromatic rings. The summed E-state index contributed by atoms with van der Waals surface area (Å²) in [5.41, 5.74) is 0.545. The van der Waals surface area contributed by atoms with E-state index in [1.54, 1.807) is 13.8 Å². The Bertz CT molecular complexity index is 4650. The highest BCUT2D eigenvalue weighted by molar-refractivity contribution is 7.51. The predicted molar refractivity (Wildman–Crippen MR) is 432 cm³/mol. The van der Waals surface area contributed by atoms with Crippen LogP contribution in [0.1, 0.15) is 169 Å². The van der Waals surface area contributed by atoms with Gasteiger partial charge in [0.05, 0.1) is 53.2 Å². The number of nitrogens with two attached hydrogens (primary N) is 1. The number of amides is 7. The van der Waals surface area contributed by atoms with Crippen molar-refractivity contribution in [2.75, 3.05) is 39.6 Å². The molecule has 24 N–H and O–H groups in total. The van der Waals surface area contributed by atoms with Crippen LogP contribution in [0.5, 0.6) is 46.0 Å². The van der Waals surface area contributed by atoms with Crippen molar-refractivity contribution in [1.29, 1.82) is 0 Å². The van der Waals surface area contributed by atoms with E-state index in [0.717, 1.165) is 86.5 Å². The standard InChI is InChI=1S/C80H106Cl2N11O27P/c1-7-8-9-10-11-12-13-14-21-85-22-23-87-80(5)32-57(115-37(4)71(80)103)119-70-68(102)67(101)55(34-94)118-79(70)120-69-53-28-41-29-54(69)117-52-20-17-40(27-46(52)82)65(99)63-77(109)91-61(78(110)111)43-30-50(96)44(33-86-35-121(112,113)114)66(100)58(43)42-25-38(15-18-49(42)95)59(74(106)93-63)90-75(107)60(41)89-73(105)48(31-56(83)97)88-76(108)62(92-72(104)47(84-6)24-36(2)3)64(98)39-16-19-51(116-53)45(81)26-39/h15-20,25-30,36-37,47-48,55,57,59-65,67-68,70-71,79,84-87,94-96,98-103H,7-14,21-24,31-35H2,1-6H3,(H2,83,97)(H,88,108)(H,89,105)(H,90,107)(H,91,109)(H,92,104)(H,93,106)(H,110,111)(H2,112,113,114)/t37-,47+,48-,55+,57-,59-,60+,61-,62+,63-,64+,65+,67+,68-,70+,71+,79-,80-/m0/s1. The first-order chi connectivity index (χ1) is 57.3. The number of carbonyl (C=O) groups is 8. The maximum Gasteiger partial charge on any atom is 0.339 e. The van der Waals surface area contributed by atoms with E-state index < -0.39 is 269 Å². The normalized spacial score (nSPS) is 26.7. The molecule has 5 aromatic carbocycles. The zero-order valence-electron chi connectivity index (χ0n) is 67.1. The molecule has 7 aliphatic heterocycles. The molecule has 0 spiro atoms. The number of aliphatic hydroxyl groups is 6. The van der Waals surface area contributed by atoms with Crippen LogP contribution in [0, 0.1) is 5.92 Å². The van der Waals surface area contributed by atoms with E-state index in [2.05, 4.69) is 60.1 Å². The molecule has 41 heteroatoms. The van der Waals surface area contributed by atoms with Crippen molar-refractivity contribution in [3.63, 3.8) is 0 Å². The van der Waals surface area contributed by atoms with Crippen molar-refractivity contribution in [1.82, 2.24) is 53.2 Å². The average molecular weight is 1760 g/mol. The first-order valence-electron chi connectivity index (χ1n) is 39.7. The van der Waals surface area contributed by atoms with Gasteiger partial charge >= 0.3 is 13.6 Å². The molecular formula is C80H106Cl2N11O27P. The number of phenols is 3. The van der Waals surface area contributed by atoms with E-state index in [4.69, 9.17) is 57.4 Å². The fourth-order valence-electron chi connectivity index (χ4n) is 15.2. The number of hydrogen-bond acceptors (Lipinski definition) is 28. The topological polar surface area (TPSA) is 598 Å². The Balaban J connectivity index is 1.17. The number of ether oxygens (including phenoxy) is 6. The lowest BCUT2D eigenvalue weighted by Gasteiger charge is -2.48. The molecule has 7 amide bonds. The van der Waals surface area contributed by atoms with Gasteiger partial charge in [-0.25, -0.2) is 4.79 Å². The summed E-state index contributed by atoms with van der Waals surface area (Å²) >= 11 is 14.3. The van der Waals surface area contributed by atoms with Gasteiger partial charge in [-0.3, -0.25) is 38.1 Å².